The third-order valence-electron chi connectivity index (χ3n) is 3.00. The second kappa shape index (κ2) is 6.40. The third-order valence-corrected chi connectivity index (χ3v) is 3.24. The summed E-state index contributed by atoms with van der Waals surface area (Å²) in [5.41, 5.74) is 3.35. The second-order valence-electron chi connectivity index (χ2n) is 4.37. The molecule has 0 aliphatic heterocycles. The van der Waals surface area contributed by atoms with Gasteiger partial charge in [-0.15, -0.1) is 6.58 Å². The molecule has 0 amide bonds. The molecule has 0 aliphatic rings. The molecule has 0 heterocycles. The zero-order valence-corrected chi connectivity index (χ0v) is 12.0. The molecular formula is C17H15ClO2. The monoisotopic (exact) mass is 286 g/mol. The number of benzene rings is 2. The van der Waals surface area contributed by atoms with E-state index in [9.17, 15) is 4.79 Å². The van der Waals surface area contributed by atoms with Gasteiger partial charge in [-0.1, -0.05) is 41.9 Å². The van der Waals surface area contributed by atoms with Gasteiger partial charge >= 0.3 is 5.97 Å². The Labute approximate surface area is 123 Å². The fourth-order valence-corrected chi connectivity index (χ4v) is 2.25. The molecule has 2 nitrogen and oxygen atoms in total. The molecule has 0 spiro atoms. The highest BCUT2D eigenvalue weighted by Crippen LogP contribution is 2.28. The van der Waals surface area contributed by atoms with Crippen LogP contribution >= 0.6 is 11.6 Å². The maximum absolute atomic E-state index is 11.8. The molecule has 3 heteroatoms. The van der Waals surface area contributed by atoms with E-state index in [-0.39, 0.29) is 5.97 Å². The van der Waals surface area contributed by atoms with Gasteiger partial charge in [-0.05, 0) is 41.3 Å². The number of rotatable bonds is 4. The van der Waals surface area contributed by atoms with E-state index in [0.717, 1.165) is 23.1 Å². The highest BCUT2D eigenvalue weighted by Gasteiger charge is 2.13. The number of allylic oxidation sites excluding steroid dienone is 1. The average Bonchev–Trinajstić information content (AvgIpc) is 2.47. The van der Waals surface area contributed by atoms with Gasteiger partial charge in [-0.2, -0.15) is 0 Å². The lowest BCUT2D eigenvalue weighted by molar-refractivity contribution is 0.0601. The predicted molar refractivity (Wildman–Crippen MR) is 82.1 cm³/mol. The summed E-state index contributed by atoms with van der Waals surface area (Å²) in [6.07, 6.45) is 2.63. The van der Waals surface area contributed by atoms with Crippen LogP contribution in [0.4, 0.5) is 0 Å². The van der Waals surface area contributed by atoms with Crippen LogP contribution in [0.2, 0.25) is 5.02 Å². The lowest BCUT2D eigenvalue weighted by Crippen LogP contribution is -2.03. The van der Waals surface area contributed by atoms with E-state index in [2.05, 4.69) is 6.58 Å². The summed E-state index contributed by atoms with van der Waals surface area (Å²) >= 11 is 6.05. The molecule has 0 unspecified atom stereocenters. The quantitative estimate of drug-likeness (QED) is 0.610. The van der Waals surface area contributed by atoms with Crippen molar-refractivity contribution < 1.29 is 9.53 Å². The molecule has 0 saturated heterocycles. The van der Waals surface area contributed by atoms with Gasteiger partial charge in [-0.3, -0.25) is 0 Å². The van der Waals surface area contributed by atoms with Crippen LogP contribution in [0.1, 0.15) is 15.9 Å². The Morgan fingerprint density at radius 1 is 1.30 bits per heavy atom. The van der Waals surface area contributed by atoms with Crippen molar-refractivity contribution in [2.45, 2.75) is 6.42 Å². The Balaban J connectivity index is 2.55. The molecule has 0 fully saturated rings. The fourth-order valence-electron chi connectivity index (χ4n) is 2.08. The number of esters is 1. The summed E-state index contributed by atoms with van der Waals surface area (Å²) in [6, 6.07) is 13.1. The third kappa shape index (κ3) is 3.09. The minimum atomic E-state index is -0.370. The number of methoxy groups -OCH3 is 1. The predicted octanol–water partition coefficient (Wildman–Crippen LogP) is 4.52. The van der Waals surface area contributed by atoms with Gasteiger partial charge in [0.25, 0.3) is 0 Å². The van der Waals surface area contributed by atoms with E-state index in [0.29, 0.717) is 10.6 Å². The smallest absolute Gasteiger partial charge is 0.338 e. The molecular weight excluding hydrogens is 272 g/mol. The van der Waals surface area contributed by atoms with E-state index < -0.39 is 0 Å². The van der Waals surface area contributed by atoms with Gasteiger partial charge in [0.05, 0.1) is 12.7 Å². The zero-order valence-electron chi connectivity index (χ0n) is 11.2. The lowest BCUT2D eigenvalue weighted by Gasteiger charge is -2.10. The van der Waals surface area contributed by atoms with Crippen LogP contribution in [0.25, 0.3) is 11.1 Å². The van der Waals surface area contributed by atoms with Crippen LogP contribution in [0.15, 0.2) is 55.1 Å². The Morgan fingerprint density at radius 3 is 2.80 bits per heavy atom. The minimum absolute atomic E-state index is 0.370. The zero-order chi connectivity index (χ0) is 14.5. The molecule has 0 radical (unpaired) electrons. The maximum Gasteiger partial charge on any atom is 0.338 e. The normalized spacial score (nSPS) is 10.1. The van der Waals surface area contributed by atoms with E-state index in [1.807, 2.05) is 30.3 Å². The minimum Gasteiger partial charge on any atom is -0.465 e. The van der Waals surface area contributed by atoms with Crippen molar-refractivity contribution in [3.8, 4) is 11.1 Å². The van der Waals surface area contributed by atoms with Crippen LogP contribution in [0.5, 0.6) is 0 Å². The Morgan fingerprint density at radius 2 is 2.10 bits per heavy atom. The number of hydrogen-bond donors (Lipinski definition) is 0. The van der Waals surface area contributed by atoms with Gasteiger partial charge in [0.1, 0.15) is 0 Å². The van der Waals surface area contributed by atoms with Crippen molar-refractivity contribution in [2.75, 3.05) is 7.11 Å². The molecule has 0 aromatic heterocycles. The number of carbonyl (C=O) groups is 1. The molecule has 20 heavy (non-hydrogen) atoms. The molecule has 0 N–H and O–H groups in total. The average molecular weight is 287 g/mol. The first-order valence-corrected chi connectivity index (χ1v) is 6.61. The van der Waals surface area contributed by atoms with Gasteiger partial charge in [0, 0.05) is 5.02 Å². The van der Waals surface area contributed by atoms with Gasteiger partial charge in [0.15, 0.2) is 0 Å². The Hall–Kier alpha value is -2.06. The highest BCUT2D eigenvalue weighted by atomic mass is 35.5. The first-order chi connectivity index (χ1) is 9.65. The lowest BCUT2D eigenvalue weighted by atomic mass is 9.97. The van der Waals surface area contributed by atoms with Crippen LogP contribution in [-0.4, -0.2) is 13.1 Å². The van der Waals surface area contributed by atoms with Gasteiger partial charge < -0.3 is 4.74 Å². The van der Waals surface area contributed by atoms with Crippen molar-refractivity contribution >= 4 is 17.6 Å². The van der Waals surface area contributed by atoms with E-state index in [1.54, 1.807) is 18.2 Å². The Kier molecular flexibility index (Phi) is 4.59. The largest absolute Gasteiger partial charge is 0.465 e. The highest BCUT2D eigenvalue weighted by molar-refractivity contribution is 6.31. The van der Waals surface area contributed by atoms with Crippen LogP contribution < -0.4 is 0 Å². The van der Waals surface area contributed by atoms with Crippen LogP contribution in [0, 0.1) is 0 Å². The molecule has 0 aliphatic carbocycles. The van der Waals surface area contributed by atoms with Crippen molar-refractivity contribution in [3.63, 3.8) is 0 Å². The SMILES string of the molecule is C=CCc1cccc(-c2cc(Cl)ccc2C(=O)OC)c1. The molecule has 102 valence electrons. The van der Waals surface area contributed by atoms with Crippen LogP contribution in [-0.2, 0) is 11.2 Å². The van der Waals surface area contributed by atoms with E-state index in [4.69, 9.17) is 16.3 Å². The topological polar surface area (TPSA) is 26.3 Å². The number of halogens is 1. The number of carbonyl (C=O) groups excluding carboxylic acids is 1. The van der Waals surface area contributed by atoms with E-state index in [1.165, 1.54) is 7.11 Å². The summed E-state index contributed by atoms with van der Waals surface area (Å²) in [5.74, 6) is -0.370. The number of hydrogen-bond acceptors (Lipinski definition) is 2. The summed E-state index contributed by atoms with van der Waals surface area (Å²) in [5, 5.41) is 0.585. The van der Waals surface area contributed by atoms with Crippen molar-refractivity contribution in [3.05, 3.63) is 71.3 Å². The van der Waals surface area contributed by atoms with E-state index >= 15 is 0 Å². The first kappa shape index (κ1) is 14.4. The molecule has 0 atom stereocenters. The molecule has 2 aromatic carbocycles. The van der Waals surface area contributed by atoms with Crippen LogP contribution in [0.3, 0.4) is 0 Å². The van der Waals surface area contributed by atoms with Gasteiger partial charge in [-0.25, -0.2) is 4.79 Å². The summed E-state index contributed by atoms with van der Waals surface area (Å²) in [4.78, 5) is 11.8. The van der Waals surface area contributed by atoms with Crippen molar-refractivity contribution in [1.82, 2.24) is 0 Å². The first-order valence-electron chi connectivity index (χ1n) is 6.23. The number of ether oxygens (including phenoxy) is 1. The van der Waals surface area contributed by atoms with Crippen molar-refractivity contribution in [2.24, 2.45) is 0 Å². The molecule has 2 rings (SSSR count). The Bertz CT molecular complexity index is 647. The fraction of sp³-hybridized carbons (Fsp3) is 0.118. The molecule has 2 aromatic rings. The van der Waals surface area contributed by atoms with Gasteiger partial charge in [0.2, 0.25) is 0 Å². The second-order valence-corrected chi connectivity index (χ2v) is 4.81. The molecule has 0 bridgehead atoms. The summed E-state index contributed by atoms with van der Waals surface area (Å²) in [7, 11) is 1.37. The standard InChI is InChI=1S/C17H15ClO2/c1-3-5-12-6-4-7-13(10-12)16-11-14(18)8-9-15(16)17(19)20-2/h3-4,6-11H,1,5H2,2H3. The summed E-state index contributed by atoms with van der Waals surface area (Å²) in [6.45, 7) is 3.74. The van der Waals surface area contributed by atoms with Crippen molar-refractivity contribution in [1.29, 1.82) is 0 Å². The maximum atomic E-state index is 11.8. The molecule has 0 saturated carbocycles. The summed E-state index contributed by atoms with van der Waals surface area (Å²) < 4.78 is 4.82.